The van der Waals surface area contributed by atoms with Gasteiger partial charge in [-0.1, -0.05) is 6.08 Å². The molecule has 0 saturated carbocycles. The molecule has 1 atom stereocenters. The molecular formula is C19H21F2N3O3. The van der Waals surface area contributed by atoms with Crippen LogP contribution in [0.4, 0.5) is 13.6 Å². The van der Waals surface area contributed by atoms with Gasteiger partial charge in [-0.05, 0) is 51.3 Å². The summed E-state index contributed by atoms with van der Waals surface area (Å²) in [5, 5.41) is 2.39. The first kappa shape index (κ1) is 19.0. The van der Waals surface area contributed by atoms with Crippen LogP contribution >= 0.6 is 0 Å². The Labute approximate surface area is 155 Å². The lowest BCUT2D eigenvalue weighted by atomic mass is 9.91. The molecule has 1 aliphatic heterocycles. The Morgan fingerprint density at radius 2 is 2.07 bits per heavy atom. The Hall–Kier alpha value is -2.77. The largest absolute Gasteiger partial charge is 0.325 e. The smallest absolute Gasteiger partial charge is 0.319 e. The van der Waals surface area contributed by atoms with Crippen LogP contribution in [0, 0.1) is 11.6 Å². The first-order chi connectivity index (χ1) is 12.8. The molecule has 1 N–H and O–H groups in total. The molecule has 0 aromatic heterocycles. The van der Waals surface area contributed by atoms with Gasteiger partial charge in [0.15, 0.2) is 0 Å². The molecule has 6 nitrogen and oxygen atoms in total. The van der Waals surface area contributed by atoms with Gasteiger partial charge in [0.2, 0.25) is 5.91 Å². The second kappa shape index (κ2) is 7.09. The third-order valence-corrected chi connectivity index (χ3v) is 5.02. The summed E-state index contributed by atoms with van der Waals surface area (Å²) in [5.41, 5.74) is -1.16. The maximum Gasteiger partial charge on any atom is 0.325 e. The van der Waals surface area contributed by atoms with Crippen LogP contribution in [0.3, 0.4) is 0 Å². The molecule has 1 heterocycles. The molecule has 8 heteroatoms. The minimum atomic E-state index is -1.77. The summed E-state index contributed by atoms with van der Waals surface area (Å²) >= 11 is 0. The molecule has 0 spiro atoms. The fraction of sp³-hybridized carbons (Fsp3) is 0.421. The zero-order chi connectivity index (χ0) is 19.8. The minimum absolute atomic E-state index is 0.276. The first-order valence-corrected chi connectivity index (χ1v) is 8.87. The van der Waals surface area contributed by atoms with Crippen LogP contribution in [0.1, 0.15) is 38.7 Å². The van der Waals surface area contributed by atoms with Crippen LogP contribution < -0.4 is 5.32 Å². The zero-order valence-corrected chi connectivity index (χ0v) is 15.2. The number of nitrogens with one attached hydrogen (secondary N) is 1. The SMILES string of the molecule is CCN(C(=O)CN1C(=O)NC(C)(c2cc(F)ccc2F)C1=O)C1=CCCC1. The lowest BCUT2D eigenvalue weighted by molar-refractivity contribution is -0.138. The van der Waals surface area contributed by atoms with Gasteiger partial charge in [0.1, 0.15) is 23.7 Å². The van der Waals surface area contributed by atoms with E-state index < -0.39 is 41.6 Å². The van der Waals surface area contributed by atoms with Gasteiger partial charge < -0.3 is 10.2 Å². The van der Waals surface area contributed by atoms with E-state index in [1.165, 1.54) is 6.92 Å². The van der Waals surface area contributed by atoms with Crippen molar-refractivity contribution >= 4 is 17.8 Å². The molecule has 4 amide bonds. The van der Waals surface area contributed by atoms with Crippen LogP contribution in [0.2, 0.25) is 0 Å². The average Bonchev–Trinajstić information content (AvgIpc) is 3.22. The molecule has 1 fully saturated rings. The Balaban J connectivity index is 1.83. The number of amides is 4. The molecule has 3 rings (SSSR count). The Morgan fingerprint density at radius 3 is 2.70 bits per heavy atom. The van der Waals surface area contributed by atoms with Gasteiger partial charge >= 0.3 is 6.03 Å². The highest BCUT2D eigenvalue weighted by Gasteiger charge is 2.51. The fourth-order valence-electron chi connectivity index (χ4n) is 3.56. The van der Waals surface area contributed by atoms with Crippen molar-refractivity contribution in [3.63, 3.8) is 0 Å². The molecule has 1 aromatic carbocycles. The number of nitrogens with zero attached hydrogens (tertiary/aromatic N) is 2. The molecule has 144 valence electrons. The van der Waals surface area contributed by atoms with Gasteiger partial charge in [-0.15, -0.1) is 0 Å². The molecule has 0 radical (unpaired) electrons. The quantitative estimate of drug-likeness (QED) is 0.802. The summed E-state index contributed by atoms with van der Waals surface area (Å²) in [6, 6.07) is 1.89. The fourth-order valence-corrected chi connectivity index (χ4v) is 3.56. The molecule has 1 aliphatic carbocycles. The van der Waals surface area contributed by atoms with E-state index in [1.54, 1.807) is 4.90 Å². The number of hydrogen-bond donors (Lipinski definition) is 1. The van der Waals surface area contributed by atoms with E-state index in [2.05, 4.69) is 5.32 Å². The van der Waals surface area contributed by atoms with Gasteiger partial charge in [0.25, 0.3) is 5.91 Å². The van der Waals surface area contributed by atoms with E-state index in [4.69, 9.17) is 0 Å². The van der Waals surface area contributed by atoms with Crippen molar-refractivity contribution in [2.24, 2.45) is 0 Å². The molecule has 0 bridgehead atoms. The van der Waals surface area contributed by atoms with Gasteiger partial charge in [-0.2, -0.15) is 0 Å². The number of imide groups is 1. The van der Waals surface area contributed by atoms with Crippen LogP contribution in [0.25, 0.3) is 0 Å². The summed E-state index contributed by atoms with van der Waals surface area (Å²) in [5.74, 6) is -2.72. The van der Waals surface area contributed by atoms with E-state index in [0.29, 0.717) is 6.54 Å². The zero-order valence-electron chi connectivity index (χ0n) is 15.2. The van der Waals surface area contributed by atoms with Gasteiger partial charge in [-0.25, -0.2) is 13.6 Å². The van der Waals surface area contributed by atoms with Crippen molar-refractivity contribution in [2.45, 2.75) is 38.6 Å². The van der Waals surface area contributed by atoms with Crippen molar-refractivity contribution in [1.29, 1.82) is 0 Å². The molecule has 1 aromatic rings. The highest BCUT2D eigenvalue weighted by atomic mass is 19.1. The number of benzene rings is 1. The van der Waals surface area contributed by atoms with Crippen molar-refractivity contribution in [3.05, 3.63) is 47.2 Å². The predicted octanol–water partition coefficient (Wildman–Crippen LogP) is 2.65. The monoisotopic (exact) mass is 377 g/mol. The number of carbonyl (C=O) groups excluding carboxylic acids is 3. The van der Waals surface area contributed by atoms with Crippen molar-refractivity contribution < 1.29 is 23.2 Å². The molecule has 1 saturated heterocycles. The highest BCUT2D eigenvalue weighted by molar-refractivity contribution is 6.09. The van der Waals surface area contributed by atoms with E-state index in [9.17, 15) is 23.2 Å². The van der Waals surface area contributed by atoms with Gasteiger partial charge in [-0.3, -0.25) is 14.5 Å². The molecule has 27 heavy (non-hydrogen) atoms. The van der Waals surface area contributed by atoms with Crippen LogP contribution in [-0.2, 0) is 15.1 Å². The summed E-state index contributed by atoms with van der Waals surface area (Å²) in [4.78, 5) is 40.1. The van der Waals surface area contributed by atoms with Crippen LogP contribution in [0.15, 0.2) is 30.0 Å². The summed E-state index contributed by atoms with van der Waals surface area (Å²) < 4.78 is 27.7. The van der Waals surface area contributed by atoms with E-state index >= 15 is 0 Å². The maximum atomic E-state index is 14.2. The third kappa shape index (κ3) is 3.31. The number of likely N-dealkylation sites (N-methyl/N-ethyl adjacent to an activating group) is 1. The summed E-state index contributed by atoms with van der Waals surface area (Å²) in [6.45, 7) is 3.08. The lowest BCUT2D eigenvalue weighted by Crippen LogP contribution is -2.44. The van der Waals surface area contributed by atoms with Gasteiger partial charge in [0.05, 0.1) is 0 Å². The van der Waals surface area contributed by atoms with Crippen LogP contribution in [0.5, 0.6) is 0 Å². The number of rotatable bonds is 5. The summed E-state index contributed by atoms with van der Waals surface area (Å²) in [6.07, 6.45) is 4.59. The molecule has 2 aliphatic rings. The normalized spacial score (nSPS) is 22.1. The second-order valence-electron chi connectivity index (χ2n) is 6.80. The molecular weight excluding hydrogens is 356 g/mol. The average molecular weight is 377 g/mol. The number of allylic oxidation sites excluding steroid dienone is 2. The Kier molecular flexibility index (Phi) is 4.99. The molecule has 1 unspecified atom stereocenters. The number of hydrogen-bond acceptors (Lipinski definition) is 3. The predicted molar refractivity (Wildman–Crippen MR) is 93.3 cm³/mol. The summed E-state index contributed by atoms with van der Waals surface area (Å²) in [7, 11) is 0. The minimum Gasteiger partial charge on any atom is -0.319 e. The van der Waals surface area contributed by atoms with Crippen molar-refractivity contribution in [1.82, 2.24) is 15.1 Å². The standard InChI is InChI=1S/C19H21F2N3O3/c1-3-23(13-6-4-5-7-13)16(25)11-24-17(26)19(2,22-18(24)27)14-10-12(20)8-9-15(14)21/h6,8-10H,3-5,7,11H2,1-2H3,(H,22,27). The van der Waals surface area contributed by atoms with E-state index in [1.807, 2.05) is 13.0 Å². The maximum absolute atomic E-state index is 14.2. The topological polar surface area (TPSA) is 69.7 Å². The van der Waals surface area contributed by atoms with Crippen molar-refractivity contribution in [2.75, 3.05) is 13.1 Å². The number of urea groups is 1. The Bertz CT molecular complexity index is 839. The number of carbonyl (C=O) groups is 3. The van der Waals surface area contributed by atoms with Gasteiger partial charge in [0, 0.05) is 17.8 Å². The highest BCUT2D eigenvalue weighted by Crippen LogP contribution is 2.31. The number of halogens is 2. The third-order valence-electron chi connectivity index (χ3n) is 5.02. The van der Waals surface area contributed by atoms with E-state index in [0.717, 1.165) is 48.1 Å². The van der Waals surface area contributed by atoms with Crippen LogP contribution in [-0.4, -0.2) is 40.7 Å². The van der Waals surface area contributed by atoms with E-state index in [-0.39, 0.29) is 5.56 Å². The lowest BCUT2D eigenvalue weighted by Gasteiger charge is -2.25. The first-order valence-electron chi connectivity index (χ1n) is 8.87. The van der Waals surface area contributed by atoms with Crippen molar-refractivity contribution in [3.8, 4) is 0 Å². The second-order valence-corrected chi connectivity index (χ2v) is 6.80. The Morgan fingerprint density at radius 1 is 1.33 bits per heavy atom.